The van der Waals surface area contributed by atoms with Crippen molar-refractivity contribution >= 4 is 52.3 Å². The van der Waals surface area contributed by atoms with E-state index in [4.69, 9.17) is 21.1 Å². The number of likely N-dealkylation sites (tertiary alicyclic amines) is 1. The van der Waals surface area contributed by atoms with Crippen molar-refractivity contribution in [2.45, 2.75) is 25.3 Å². The molecule has 11 heteroatoms. The summed E-state index contributed by atoms with van der Waals surface area (Å²) in [5.74, 6) is 1.19. The van der Waals surface area contributed by atoms with Gasteiger partial charge in [-0.3, -0.25) is 9.69 Å². The number of likely N-dealkylation sites (N-methyl/N-ethyl adjacent to an activating group) is 1. The van der Waals surface area contributed by atoms with Gasteiger partial charge in [0.25, 0.3) is 0 Å². The fourth-order valence-electron chi connectivity index (χ4n) is 4.28. The van der Waals surface area contributed by atoms with Crippen LogP contribution in [0.1, 0.15) is 19.3 Å². The van der Waals surface area contributed by atoms with E-state index >= 15 is 0 Å². The number of carbonyl (C=O) groups excluding carboxylic acids is 1. The van der Waals surface area contributed by atoms with E-state index < -0.39 is 5.82 Å². The van der Waals surface area contributed by atoms with Gasteiger partial charge in [-0.2, -0.15) is 0 Å². The molecule has 1 aliphatic heterocycles. The molecule has 2 aromatic carbocycles. The van der Waals surface area contributed by atoms with E-state index in [1.54, 1.807) is 50.4 Å². The van der Waals surface area contributed by atoms with E-state index in [0.717, 1.165) is 32.4 Å². The Balaban J connectivity index is 0.00000361. The summed E-state index contributed by atoms with van der Waals surface area (Å²) in [5, 5.41) is 3.97. The molecule has 8 nitrogen and oxygen atoms in total. The summed E-state index contributed by atoms with van der Waals surface area (Å²) < 4.78 is 25.8. The molecule has 0 spiro atoms. The third-order valence-electron chi connectivity index (χ3n) is 6.04. The number of methoxy groups -OCH3 is 1. The molecule has 4 rings (SSSR count). The molecule has 194 valence electrons. The number of amides is 1. The Morgan fingerprint density at radius 1 is 1.25 bits per heavy atom. The molecule has 2 heterocycles. The van der Waals surface area contributed by atoms with E-state index in [2.05, 4.69) is 20.2 Å². The summed E-state index contributed by atoms with van der Waals surface area (Å²) in [6.07, 6.45) is 4.10. The van der Waals surface area contributed by atoms with Gasteiger partial charge in [0.2, 0.25) is 5.91 Å². The zero-order valence-electron chi connectivity index (χ0n) is 20.5. The number of ether oxygens (including phenoxy) is 2. The van der Waals surface area contributed by atoms with Gasteiger partial charge >= 0.3 is 0 Å². The highest BCUT2D eigenvalue weighted by Gasteiger charge is 2.31. The summed E-state index contributed by atoms with van der Waals surface area (Å²) in [6.45, 7) is 2.17. The number of fused-ring (bicyclic) bond motifs is 1. The van der Waals surface area contributed by atoms with Crippen LogP contribution in [0.15, 0.2) is 36.7 Å². The maximum absolute atomic E-state index is 14.3. The van der Waals surface area contributed by atoms with E-state index in [1.165, 1.54) is 12.4 Å². The predicted octanol–water partition coefficient (Wildman–Crippen LogP) is 4.92. The fraction of sp³-hybridized carbons (Fsp3) is 0.400. The molecule has 1 aromatic heterocycles. The number of nitrogens with one attached hydrogen (secondary N) is 1. The SMILES string of the molecule is COc1cc2c(Nc3ccc(Cl)cc3F)ncnc2cc1OCCCN1CCCC1C(=O)N(C)C.Cl. The summed E-state index contributed by atoms with van der Waals surface area (Å²) in [4.78, 5) is 24.9. The molecular formula is C25H30Cl2FN5O3. The minimum atomic E-state index is -0.483. The average Bonchev–Trinajstić information content (AvgIpc) is 3.31. The van der Waals surface area contributed by atoms with Gasteiger partial charge in [0.15, 0.2) is 11.5 Å². The van der Waals surface area contributed by atoms with Crippen LogP contribution in [0.5, 0.6) is 11.5 Å². The first-order chi connectivity index (χ1) is 16.9. The van der Waals surface area contributed by atoms with Crippen molar-refractivity contribution in [2.24, 2.45) is 0 Å². The summed E-state index contributed by atoms with van der Waals surface area (Å²) >= 11 is 5.85. The van der Waals surface area contributed by atoms with Crippen LogP contribution in [0, 0.1) is 5.82 Å². The Hall–Kier alpha value is -2.88. The summed E-state index contributed by atoms with van der Waals surface area (Å²) in [7, 11) is 5.15. The first-order valence-electron chi connectivity index (χ1n) is 11.5. The molecule has 0 radical (unpaired) electrons. The standard InChI is InChI=1S/C25H29ClFN5O3.ClH/c1-31(2)25(33)21-6-4-9-32(21)10-5-11-35-23-14-20-17(13-22(23)34-3)24(29-15-28-20)30-19-8-7-16(26)12-18(19)27;/h7-8,12-15,21H,4-6,9-11H2,1-3H3,(H,28,29,30);1H. The van der Waals surface area contributed by atoms with Crippen molar-refractivity contribution in [1.82, 2.24) is 19.8 Å². The van der Waals surface area contributed by atoms with Crippen LogP contribution in [0.25, 0.3) is 10.9 Å². The van der Waals surface area contributed by atoms with Gasteiger partial charge in [0, 0.05) is 37.1 Å². The number of anilines is 2. The highest BCUT2D eigenvalue weighted by molar-refractivity contribution is 6.30. The Bertz CT molecular complexity index is 1210. The number of nitrogens with zero attached hydrogens (tertiary/aromatic N) is 4. The fourth-order valence-corrected chi connectivity index (χ4v) is 4.43. The second kappa shape index (κ2) is 12.4. The van der Waals surface area contributed by atoms with Crippen LogP contribution in [-0.4, -0.2) is 72.6 Å². The maximum atomic E-state index is 14.3. The van der Waals surface area contributed by atoms with Crippen LogP contribution in [0.2, 0.25) is 5.02 Å². The van der Waals surface area contributed by atoms with Gasteiger partial charge in [-0.1, -0.05) is 11.6 Å². The van der Waals surface area contributed by atoms with Crippen molar-refractivity contribution in [3.05, 3.63) is 47.5 Å². The lowest BCUT2D eigenvalue weighted by Gasteiger charge is -2.26. The summed E-state index contributed by atoms with van der Waals surface area (Å²) in [5.41, 5.74) is 0.880. The van der Waals surface area contributed by atoms with E-state index in [-0.39, 0.29) is 30.0 Å². The minimum absolute atomic E-state index is 0. The average molecular weight is 538 g/mol. The maximum Gasteiger partial charge on any atom is 0.239 e. The predicted molar refractivity (Wildman–Crippen MR) is 141 cm³/mol. The molecular weight excluding hydrogens is 508 g/mol. The van der Waals surface area contributed by atoms with E-state index in [1.807, 2.05) is 0 Å². The minimum Gasteiger partial charge on any atom is -0.493 e. The van der Waals surface area contributed by atoms with Crippen LogP contribution >= 0.6 is 24.0 Å². The first-order valence-corrected chi connectivity index (χ1v) is 11.9. The summed E-state index contributed by atoms with van der Waals surface area (Å²) in [6, 6.07) is 7.90. The van der Waals surface area contributed by atoms with Gasteiger partial charge in [-0.25, -0.2) is 14.4 Å². The Morgan fingerprint density at radius 3 is 2.78 bits per heavy atom. The molecule has 1 atom stereocenters. The number of aromatic nitrogens is 2. The lowest BCUT2D eigenvalue weighted by molar-refractivity contribution is -0.133. The number of rotatable bonds is 9. The van der Waals surface area contributed by atoms with E-state index in [0.29, 0.717) is 39.8 Å². The van der Waals surface area contributed by atoms with Crippen molar-refractivity contribution in [2.75, 3.05) is 46.2 Å². The second-order valence-corrected chi connectivity index (χ2v) is 9.06. The van der Waals surface area contributed by atoms with Gasteiger partial charge in [0.05, 0.1) is 31.0 Å². The molecule has 0 saturated carbocycles. The number of halogens is 3. The van der Waals surface area contributed by atoms with Gasteiger partial charge < -0.3 is 19.7 Å². The van der Waals surface area contributed by atoms with Crippen molar-refractivity contribution in [3.8, 4) is 11.5 Å². The Labute approximate surface area is 221 Å². The first kappa shape index (κ1) is 27.7. The zero-order valence-corrected chi connectivity index (χ0v) is 22.0. The third kappa shape index (κ3) is 6.27. The number of hydrogen-bond acceptors (Lipinski definition) is 7. The van der Waals surface area contributed by atoms with Crippen LogP contribution in [0.4, 0.5) is 15.9 Å². The Morgan fingerprint density at radius 2 is 2.06 bits per heavy atom. The molecule has 1 aliphatic rings. The zero-order chi connectivity index (χ0) is 24.9. The molecule has 1 amide bonds. The second-order valence-electron chi connectivity index (χ2n) is 8.62. The van der Waals surface area contributed by atoms with Crippen LogP contribution in [0.3, 0.4) is 0 Å². The molecule has 1 unspecified atom stereocenters. The molecule has 0 bridgehead atoms. The highest BCUT2D eigenvalue weighted by atomic mass is 35.5. The Kier molecular flexibility index (Phi) is 9.53. The molecule has 3 aromatic rings. The van der Waals surface area contributed by atoms with Gasteiger partial charge in [-0.05, 0) is 50.1 Å². The number of benzene rings is 2. The van der Waals surface area contributed by atoms with Crippen molar-refractivity contribution in [3.63, 3.8) is 0 Å². The quantitative estimate of drug-likeness (QED) is 0.388. The monoisotopic (exact) mass is 537 g/mol. The van der Waals surface area contributed by atoms with E-state index in [9.17, 15) is 9.18 Å². The van der Waals surface area contributed by atoms with Crippen molar-refractivity contribution < 1.29 is 18.7 Å². The number of hydrogen-bond donors (Lipinski definition) is 1. The van der Waals surface area contributed by atoms with Crippen molar-refractivity contribution in [1.29, 1.82) is 0 Å². The molecule has 36 heavy (non-hydrogen) atoms. The lowest BCUT2D eigenvalue weighted by Crippen LogP contribution is -2.43. The molecule has 1 saturated heterocycles. The van der Waals surface area contributed by atoms with Gasteiger partial charge in [0.1, 0.15) is 18.0 Å². The molecule has 0 aliphatic carbocycles. The van der Waals surface area contributed by atoms with Gasteiger partial charge in [-0.15, -0.1) is 12.4 Å². The van der Waals surface area contributed by atoms with Crippen LogP contribution < -0.4 is 14.8 Å². The third-order valence-corrected chi connectivity index (χ3v) is 6.28. The smallest absolute Gasteiger partial charge is 0.239 e. The number of carbonyl (C=O) groups is 1. The van der Waals surface area contributed by atoms with Crippen LogP contribution in [-0.2, 0) is 4.79 Å². The largest absolute Gasteiger partial charge is 0.493 e. The normalized spacial score (nSPS) is 15.4. The topological polar surface area (TPSA) is 79.8 Å². The lowest BCUT2D eigenvalue weighted by atomic mass is 10.2. The molecule has 1 N–H and O–H groups in total. The highest BCUT2D eigenvalue weighted by Crippen LogP contribution is 2.35. The molecule has 1 fully saturated rings.